The van der Waals surface area contributed by atoms with Crippen LogP contribution in [0.4, 0.5) is 0 Å². The zero-order valence-corrected chi connectivity index (χ0v) is 11.1. The van der Waals surface area contributed by atoms with Gasteiger partial charge >= 0.3 is 0 Å². The highest BCUT2D eigenvalue weighted by atomic mass is 35.5. The van der Waals surface area contributed by atoms with Gasteiger partial charge in [-0.2, -0.15) is 0 Å². The molecule has 0 amide bonds. The molecular weight excluding hydrogens is 246 g/mol. The maximum Gasteiger partial charge on any atom is 0.0558 e. The standard InChI is InChI=1S/C14H16ClN3/c1-2-18(10-13-5-3-4-7-16-13)11-14-9-12(15)6-8-17-14/h3-9H,2,10-11H2,1H3. The van der Waals surface area contributed by atoms with Crippen LogP contribution >= 0.6 is 11.6 Å². The molecule has 0 unspecified atom stereocenters. The van der Waals surface area contributed by atoms with E-state index in [-0.39, 0.29) is 0 Å². The molecule has 0 bridgehead atoms. The van der Waals surface area contributed by atoms with Crippen LogP contribution in [0, 0.1) is 0 Å². The Bertz CT molecular complexity index is 487. The van der Waals surface area contributed by atoms with E-state index in [0.29, 0.717) is 0 Å². The summed E-state index contributed by atoms with van der Waals surface area (Å²) in [6.45, 7) is 4.69. The molecule has 2 aromatic rings. The average molecular weight is 262 g/mol. The van der Waals surface area contributed by atoms with Crippen molar-refractivity contribution in [2.24, 2.45) is 0 Å². The second-order valence-corrected chi connectivity index (χ2v) is 4.53. The minimum atomic E-state index is 0.730. The van der Waals surface area contributed by atoms with E-state index in [1.165, 1.54) is 0 Å². The fourth-order valence-corrected chi connectivity index (χ4v) is 1.95. The van der Waals surface area contributed by atoms with Crippen LogP contribution in [-0.2, 0) is 13.1 Å². The lowest BCUT2D eigenvalue weighted by Crippen LogP contribution is -2.23. The van der Waals surface area contributed by atoms with Crippen LogP contribution in [0.15, 0.2) is 42.7 Å². The first-order chi connectivity index (χ1) is 8.78. The highest BCUT2D eigenvalue weighted by Crippen LogP contribution is 2.11. The van der Waals surface area contributed by atoms with Crippen molar-refractivity contribution in [2.45, 2.75) is 20.0 Å². The van der Waals surface area contributed by atoms with Gasteiger partial charge in [0.05, 0.1) is 11.4 Å². The van der Waals surface area contributed by atoms with Crippen LogP contribution in [0.2, 0.25) is 5.02 Å². The number of hydrogen-bond acceptors (Lipinski definition) is 3. The maximum atomic E-state index is 5.96. The third kappa shape index (κ3) is 3.79. The van der Waals surface area contributed by atoms with Crippen LogP contribution in [0.25, 0.3) is 0 Å². The highest BCUT2D eigenvalue weighted by molar-refractivity contribution is 6.30. The molecule has 0 aromatic carbocycles. The molecule has 0 N–H and O–H groups in total. The lowest BCUT2D eigenvalue weighted by molar-refractivity contribution is 0.265. The molecule has 3 nitrogen and oxygen atoms in total. The molecule has 2 aromatic heterocycles. The topological polar surface area (TPSA) is 29.0 Å². The molecule has 0 saturated carbocycles. The van der Waals surface area contributed by atoms with Gasteiger partial charge in [-0.15, -0.1) is 0 Å². The summed E-state index contributed by atoms with van der Waals surface area (Å²) in [5.41, 5.74) is 2.06. The van der Waals surface area contributed by atoms with Gasteiger partial charge in [-0.25, -0.2) is 0 Å². The first kappa shape index (κ1) is 13.0. The second kappa shape index (κ2) is 6.47. The van der Waals surface area contributed by atoms with Gasteiger partial charge in [0.25, 0.3) is 0 Å². The third-order valence-electron chi connectivity index (χ3n) is 2.72. The zero-order chi connectivity index (χ0) is 12.8. The Morgan fingerprint density at radius 1 is 1.06 bits per heavy atom. The Labute approximate surface area is 112 Å². The lowest BCUT2D eigenvalue weighted by Gasteiger charge is -2.19. The molecule has 0 aliphatic rings. The molecule has 94 valence electrons. The van der Waals surface area contributed by atoms with E-state index in [9.17, 15) is 0 Å². The Morgan fingerprint density at radius 3 is 2.50 bits per heavy atom. The van der Waals surface area contributed by atoms with Gasteiger partial charge in [0.2, 0.25) is 0 Å². The van der Waals surface area contributed by atoms with E-state index in [4.69, 9.17) is 11.6 Å². The van der Waals surface area contributed by atoms with Crippen LogP contribution < -0.4 is 0 Å². The molecule has 0 saturated heterocycles. The van der Waals surface area contributed by atoms with E-state index >= 15 is 0 Å². The van der Waals surface area contributed by atoms with E-state index < -0.39 is 0 Å². The summed E-state index contributed by atoms with van der Waals surface area (Å²) >= 11 is 5.96. The van der Waals surface area contributed by atoms with Crippen molar-refractivity contribution in [3.63, 3.8) is 0 Å². The monoisotopic (exact) mass is 261 g/mol. The van der Waals surface area contributed by atoms with E-state index in [1.807, 2.05) is 30.5 Å². The van der Waals surface area contributed by atoms with E-state index in [1.54, 1.807) is 12.3 Å². The molecule has 18 heavy (non-hydrogen) atoms. The Hall–Kier alpha value is -1.45. The number of rotatable bonds is 5. The SMILES string of the molecule is CCN(Cc1ccccn1)Cc1cc(Cl)ccn1. The lowest BCUT2D eigenvalue weighted by atomic mass is 10.3. The van der Waals surface area contributed by atoms with Crippen LogP contribution in [0.5, 0.6) is 0 Å². The minimum Gasteiger partial charge on any atom is -0.292 e. The number of hydrogen-bond donors (Lipinski definition) is 0. The largest absolute Gasteiger partial charge is 0.292 e. The fourth-order valence-electron chi connectivity index (χ4n) is 1.76. The van der Waals surface area contributed by atoms with Crippen molar-refractivity contribution >= 4 is 11.6 Å². The van der Waals surface area contributed by atoms with Crippen molar-refractivity contribution in [3.05, 3.63) is 59.1 Å². The summed E-state index contributed by atoms with van der Waals surface area (Å²) in [6, 6.07) is 9.67. The third-order valence-corrected chi connectivity index (χ3v) is 2.96. The Morgan fingerprint density at radius 2 is 1.83 bits per heavy atom. The predicted molar refractivity (Wildman–Crippen MR) is 73.3 cm³/mol. The summed E-state index contributed by atoms with van der Waals surface area (Å²) in [5.74, 6) is 0. The molecule has 2 rings (SSSR count). The molecule has 4 heteroatoms. The van der Waals surface area contributed by atoms with Crippen molar-refractivity contribution in [3.8, 4) is 0 Å². The number of pyridine rings is 2. The summed E-state index contributed by atoms with van der Waals surface area (Å²) < 4.78 is 0. The van der Waals surface area contributed by atoms with Crippen molar-refractivity contribution in [1.29, 1.82) is 0 Å². The first-order valence-corrected chi connectivity index (χ1v) is 6.38. The Kier molecular flexibility index (Phi) is 4.67. The van der Waals surface area contributed by atoms with E-state index in [0.717, 1.165) is 36.0 Å². The van der Waals surface area contributed by atoms with Crippen LogP contribution in [-0.4, -0.2) is 21.4 Å². The van der Waals surface area contributed by atoms with Gasteiger partial charge in [-0.1, -0.05) is 24.6 Å². The van der Waals surface area contributed by atoms with E-state index in [2.05, 4.69) is 21.8 Å². The molecule has 0 atom stereocenters. The van der Waals surface area contributed by atoms with Crippen molar-refractivity contribution in [2.75, 3.05) is 6.54 Å². The summed E-state index contributed by atoms with van der Waals surface area (Å²) in [6.07, 6.45) is 3.56. The smallest absolute Gasteiger partial charge is 0.0558 e. The van der Waals surface area contributed by atoms with Gasteiger partial charge < -0.3 is 0 Å². The molecule has 2 heterocycles. The zero-order valence-electron chi connectivity index (χ0n) is 10.4. The number of halogens is 1. The number of nitrogens with zero attached hydrogens (tertiary/aromatic N) is 3. The Balaban J connectivity index is 2.01. The quantitative estimate of drug-likeness (QED) is 0.828. The van der Waals surface area contributed by atoms with Gasteiger partial charge in [-0.3, -0.25) is 14.9 Å². The van der Waals surface area contributed by atoms with Crippen LogP contribution in [0.1, 0.15) is 18.3 Å². The number of aromatic nitrogens is 2. The van der Waals surface area contributed by atoms with Gasteiger partial charge in [-0.05, 0) is 30.8 Å². The second-order valence-electron chi connectivity index (χ2n) is 4.09. The first-order valence-electron chi connectivity index (χ1n) is 6.00. The van der Waals surface area contributed by atoms with Crippen molar-refractivity contribution < 1.29 is 0 Å². The molecule has 0 spiro atoms. The molecule has 0 aliphatic carbocycles. The highest BCUT2D eigenvalue weighted by Gasteiger charge is 2.06. The molecule has 0 aliphatic heterocycles. The summed E-state index contributed by atoms with van der Waals surface area (Å²) in [5, 5.41) is 0.730. The minimum absolute atomic E-state index is 0.730. The van der Waals surface area contributed by atoms with Gasteiger partial charge in [0.1, 0.15) is 0 Å². The normalized spacial score (nSPS) is 10.8. The maximum absolute atomic E-state index is 5.96. The van der Waals surface area contributed by atoms with Crippen molar-refractivity contribution in [1.82, 2.24) is 14.9 Å². The molecule has 0 radical (unpaired) electrons. The molecular formula is C14H16ClN3. The predicted octanol–water partition coefficient (Wildman–Crippen LogP) is 3.15. The van der Waals surface area contributed by atoms with Gasteiger partial charge in [0, 0.05) is 30.5 Å². The summed E-state index contributed by atoms with van der Waals surface area (Å²) in [7, 11) is 0. The fraction of sp³-hybridized carbons (Fsp3) is 0.286. The average Bonchev–Trinajstić information content (AvgIpc) is 2.39. The summed E-state index contributed by atoms with van der Waals surface area (Å²) in [4.78, 5) is 10.9. The van der Waals surface area contributed by atoms with Gasteiger partial charge in [0.15, 0.2) is 0 Å². The van der Waals surface area contributed by atoms with Crippen LogP contribution in [0.3, 0.4) is 0 Å². The molecule has 0 fully saturated rings.